The summed E-state index contributed by atoms with van der Waals surface area (Å²) in [5.74, 6) is 1.20. The molecule has 2 aliphatic heterocycles. The number of carboxylic acid groups (broad SMARTS) is 1. The van der Waals surface area contributed by atoms with Gasteiger partial charge in [-0.25, -0.2) is 4.79 Å². The van der Waals surface area contributed by atoms with Gasteiger partial charge in [0.05, 0.1) is 6.54 Å². The van der Waals surface area contributed by atoms with Gasteiger partial charge in [-0.05, 0) is 24.6 Å². The Kier molecular flexibility index (Phi) is 2.14. The van der Waals surface area contributed by atoms with Crippen LogP contribution in [-0.4, -0.2) is 40.4 Å². The van der Waals surface area contributed by atoms with E-state index in [0.717, 1.165) is 17.7 Å². The lowest BCUT2D eigenvalue weighted by Gasteiger charge is -2.32. The summed E-state index contributed by atoms with van der Waals surface area (Å²) in [7, 11) is 0. The van der Waals surface area contributed by atoms with E-state index in [1.807, 2.05) is 0 Å². The van der Waals surface area contributed by atoms with Crippen LogP contribution in [0.4, 0.5) is 4.79 Å². The minimum Gasteiger partial charge on any atom is -0.508 e. The van der Waals surface area contributed by atoms with Crippen molar-refractivity contribution >= 4 is 6.09 Å². The molecular weight excluding hydrogens is 222 g/mol. The normalized spacial score (nSPS) is 26.0. The summed E-state index contributed by atoms with van der Waals surface area (Å²) in [5, 5.41) is 18.4. The van der Waals surface area contributed by atoms with E-state index >= 15 is 0 Å². The standard InChI is InChI=1S/C12H13NO4/c14-7-1-2-10-9(5-7)8-3-4-13(12(15)16)6-11(8)17-10/h1-2,5,8,11,14H,3-4,6H2,(H,15,16). The van der Waals surface area contributed by atoms with Gasteiger partial charge in [-0.2, -0.15) is 0 Å². The molecule has 0 saturated carbocycles. The fourth-order valence-corrected chi connectivity index (χ4v) is 2.66. The third kappa shape index (κ3) is 1.58. The van der Waals surface area contributed by atoms with Crippen LogP contribution in [-0.2, 0) is 0 Å². The molecule has 2 N–H and O–H groups in total. The number of hydrogen-bond donors (Lipinski definition) is 2. The van der Waals surface area contributed by atoms with Crippen molar-refractivity contribution in [2.75, 3.05) is 13.1 Å². The molecule has 0 bridgehead atoms. The molecule has 5 nitrogen and oxygen atoms in total. The average molecular weight is 235 g/mol. The van der Waals surface area contributed by atoms with Crippen molar-refractivity contribution in [1.82, 2.24) is 4.90 Å². The summed E-state index contributed by atoms with van der Waals surface area (Å²) in [6, 6.07) is 5.05. The molecule has 1 aromatic rings. The molecule has 2 unspecified atom stereocenters. The Balaban J connectivity index is 1.87. The number of nitrogens with zero attached hydrogens (tertiary/aromatic N) is 1. The van der Waals surface area contributed by atoms with Crippen LogP contribution < -0.4 is 4.74 Å². The van der Waals surface area contributed by atoms with Gasteiger partial charge in [0.15, 0.2) is 0 Å². The molecule has 0 radical (unpaired) electrons. The van der Waals surface area contributed by atoms with Crippen LogP contribution in [0.3, 0.4) is 0 Å². The van der Waals surface area contributed by atoms with Gasteiger partial charge in [-0.15, -0.1) is 0 Å². The number of likely N-dealkylation sites (tertiary alicyclic amines) is 1. The first-order valence-electron chi connectivity index (χ1n) is 5.62. The predicted molar refractivity (Wildman–Crippen MR) is 59.5 cm³/mol. The Morgan fingerprint density at radius 1 is 1.47 bits per heavy atom. The summed E-state index contributed by atoms with van der Waals surface area (Å²) < 4.78 is 5.73. The van der Waals surface area contributed by atoms with Gasteiger partial charge in [0, 0.05) is 18.0 Å². The van der Waals surface area contributed by atoms with Crippen LogP contribution in [0.5, 0.6) is 11.5 Å². The number of piperidine rings is 1. The molecule has 0 aliphatic carbocycles. The molecule has 17 heavy (non-hydrogen) atoms. The number of aromatic hydroxyl groups is 1. The van der Waals surface area contributed by atoms with Crippen molar-refractivity contribution in [1.29, 1.82) is 0 Å². The zero-order valence-electron chi connectivity index (χ0n) is 9.17. The molecule has 2 heterocycles. The molecule has 90 valence electrons. The van der Waals surface area contributed by atoms with Crippen molar-refractivity contribution in [3.63, 3.8) is 0 Å². The summed E-state index contributed by atoms with van der Waals surface area (Å²) in [5.41, 5.74) is 1.00. The number of phenolic OH excluding ortho intramolecular Hbond substituents is 1. The smallest absolute Gasteiger partial charge is 0.407 e. The summed E-state index contributed by atoms with van der Waals surface area (Å²) in [4.78, 5) is 12.3. The maximum absolute atomic E-state index is 10.9. The number of carbonyl (C=O) groups is 1. The van der Waals surface area contributed by atoms with E-state index in [0.29, 0.717) is 13.1 Å². The number of hydrogen-bond acceptors (Lipinski definition) is 3. The number of fused-ring (bicyclic) bond motifs is 3. The number of ether oxygens (including phenoxy) is 1. The Morgan fingerprint density at radius 3 is 3.06 bits per heavy atom. The molecule has 1 amide bonds. The quantitative estimate of drug-likeness (QED) is 0.717. The topological polar surface area (TPSA) is 70.0 Å². The highest BCUT2D eigenvalue weighted by Gasteiger charge is 2.40. The average Bonchev–Trinajstić information content (AvgIpc) is 2.66. The summed E-state index contributed by atoms with van der Waals surface area (Å²) >= 11 is 0. The lowest BCUT2D eigenvalue weighted by atomic mass is 9.89. The molecule has 1 saturated heterocycles. The van der Waals surface area contributed by atoms with Crippen molar-refractivity contribution < 1.29 is 19.7 Å². The van der Waals surface area contributed by atoms with Gasteiger partial charge in [-0.1, -0.05) is 0 Å². The lowest BCUT2D eigenvalue weighted by molar-refractivity contribution is 0.0813. The molecule has 2 atom stereocenters. The monoisotopic (exact) mass is 235 g/mol. The first kappa shape index (κ1) is 10.3. The van der Waals surface area contributed by atoms with Crippen molar-refractivity contribution in [3.8, 4) is 11.5 Å². The highest BCUT2D eigenvalue weighted by Crippen LogP contribution is 2.43. The van der Waals surface area contributed by atoms with Gasteiger partial charge >= 0.3 is 6.09 Å². The van der Waals surface area contributed by atoms with E-state index in [4.69, 9.17) is 9.84 Å². The molecule has 5 heteroatoms. The van der Waals surface area contributed by atoms with Crippen LogP contribution in [0.1, 0.15) is 17.9 Å². The maximum Gasteiger partial charge on any atom is 0.407 e. The van der Waals surface area contributed by atoms with Crippen LogP contribution in [0, 0.1) is 0 Å². The molecule has 3 rings (SSSR count). The Bertz CT molecular complexity index is 474. The fraction of sp³-hybridized carbons (Fsp3) is 0.417. The largest absolute Gasteiger partial charge is 0.508 e. The molecule has 1 fully saturated rings. The lowest BCUT2D eigenvalue weighted by Crippen LogP contribution is -2.45. The maximum atomic E-state index is 10.9. The van der Waals surface area contributed by atoms with E-state index in [-0.39, 0.29) is 17.8 Å². The first-order valence-corrected chi connectivity index (χ1v) is 5.62. The van der Waals surface area contributed by atoms with E-state index in [1.54, 1.807) is 18.2 Å². The Hall–Kier alpha value is -1.91. The van der Waals surface area contributed by atoms with Gasteiger partial charge in [0.25, 0.3) is 0 Å². The fourth-order valence-electron chi connectivity index (χ4n) is 2.66. The second-order valence-corrected chi connectivity index (χ2v) is 4.50. The highest BCUT2D eigenvalue weighted by molar-refractivity contribution is 5.65. The van der Waals surface area contributed by atoms with Crippen LogP contribution in [0.15, 0.2) is 18.2 Å². The molecule has 0 aromatic heterocycles. The SMILES string of the molecule is O=C(O)N1CCC2c3cc(O)ccc3OC2C1. The van der Waals surface area contributed by atoms with Crippen molar-refractivity contribution in [2.24, 2.45) is 0 Å². The zero-order valence-corrected chi connectivity index (χ0v) is 9.17. The number of phenols is 1. The number of amides is 1. The van der Waals surface area contributed by atoms with E-state index in [9.17, 15) is 9.90 Å². The van der Waals surface area contributed by atoms with Crippen LogP contribution >= 0.6 is 0 Å². The van der Waals surface area contributed by atoms with E-state index in [2.05, 4.69) is 0 Å². The molecular formula is C12H13NO4. The number of rotatable bonds is 0. The Morgan fingerprint density at radius 2 is 2.29 bits per heavy atom. The van der Waals surface area contributed by atoms with Crippen LogP contribution in [0.25, 0.3) is 0 Å². The second-order valence-electron chi connectivity index (χ2n) is 4.50. The molecule has 1 aromatic carbocycles. The van der Waals surface area contributed by atoms with E-state index in [1.165, 1.54) is 4.90 Å². The van der Waals surface area contributed by atoms with Gasteiger partial charge < -0.3 is 19.8 Å². The second kappa shape index (κ2) is 3.55. The third-order valence-corrected chi connectivity index (χ3v) is 3.50. The number of benzene rings is 1. The minimum atomic E-state index is -0.897. The van der Waals surface area contributed by atoms with E-state index < -0.39 is 6.09 Å². The first-order chi connectivity index (χ1) is 8.15. The molecule has 2 aliphatic rings. The van der Waals surface area contributed by atoms with Crippen molar-refractivity contribution in [2.45, 2.75) is 18.4 Å². The summed E-state index contributed by atoms with van der Waals surface area (Å²) in [6.45, 7) is 0.921. The highest BCUT2D eigenvalue weighted by atomic mass is 16.5. The van der Waals surface area contributed by atoms with Crippen LogP contribution in [0.2, 0.25) is 0 Å². The third-order valence-electron chi connectivity index (χ3n) is 3.50. The minimum absolute atomic E-state index is 0.114. The van der Waals surface area contributed by atoms with Gasteiger partial charge in [0.2, 0.25) is 0 Å². The van der Waals surface area contributed by atoms with Gasteiger partial charge in [-0.3, -0.25) is 0 Å². The Labute approximate surface area is 98.2 Å². The van der Waals surface area contributed by atoms with Crippen molar-refractivity contribution in [3.05, 3.63) is 23.8 Å². The molecule has 0 spiro atoms. The zero-order chi connectivity index (χ0) is 12.0. The predicted octanol–water partition coefficient (Wildman–Crippen LogP) is 1.62. The van der Waals surface area contributed by atoms with Gasteiger partial charge in [0.1, 0.15) is 17.6 Å². The summed E-state index contributed by atoms with van der Waals surface area (Å²) in [6.07, 6.45) is -0.268.